The highest BCUT2D eigenvalue weighted by Gasteiger charge is 2.11. The van der Waals surface area contributed by atoms with E-state index in [0.29, 0.717) is 6.04 Å². The van der Waals surface area contributed by atoms with E-state index in [1.54, 1.807) is 0 Å². The SMILES string of the molecule is CCCCCN(c1ccc([C@@H](N)CC)cc1)C(C)C. The number of hydrogen-bond acceptors (Lipinski definition) is 2. The van der Waals surface area contributed by atoms with Gasteiger partial charge in [0.25, 0.3) is 0 Å². The van der Waals surface area contributed by atoms with Gasteiger partial charge < -0.3 is 10.6 Å². The molecule has 0 aliphatic heterocycles. The molecule has 0 amide bonds. The van der Waals surface area contributed by atoms with Crippen LogP contribution in [0, 0.1) is 0 Å². The molecule has 2 nitrogen and oxygen atoms in total. The molecule has 1 rings (SSSR count). The Morgan fingerprint density at radius 1 is 1.05 bits per heavy atom. The van der Waals surface area contributed by atoms with E-state index in [1.807, 2.05) is 0 Å². The van der Waals surface area contributed by atoms with Crippen molar-refractivity contribution in [3.8, 4) is 0 Å². The van der Waals surface area contributed by atoms with Crippen LogP contribution in [-0.2, 0) is 0 Å². The van der Waals surface area contributed by atoms with Crippen molar-refractivity contribution in [1.82, 2.24) is 0 Å². The lowest BCUT2D eigenvalue weighted by Crippen LogP contribution is -2.31. The van der Waals surface area contributed by atoms with Gasteiger partial charge >= 0.3 is 0 Å². The summed E-state index contributed by atoms with van der Waals surface area (Å²) in [5, 5.41) is 0. The fraction of sp³-hybridized carbons (Fsp3) is 0.647. The molecule has 0 saturated heterocycles. The molecular weight excluding hydrogens is 232 g/mol. The quantitative estimate of drug-likeness (QED) is 0.699. The van der Waals surface area contributed by atoms with Crippen LogP contribution in [0.2, 0.25) is 0 Å². The summed E-state index contributed by atoms with van der Waals surface area (Å²) in [6.45, 7) is 10.0. The molecular formula is C17H30N2. The summed E-state index contributed by atoms with van der Waals surface area (Å²) in [7, 11) is 0. The van der Waals surface area contributed by atoms with Gasteiger partial charge in [0.15, 0.2) is 0 Å². The summed E-state index contributed by atoms with van der Waals surface area (Å²) in [5.41, 5.74) is 8.62. The number of anilines is 1. The predicted octanol–water partition coefficient (Wildman–Crippen LogP) is 4.50. The first kappa shape index (κ1) is 16.0. The van der Waals surface area contributed by atoms with Gasteiger partial charge in [-0.3, -0.25) is 0 Å². The zero-order chi connectivity index (χ0) is 14.3. The van der Waals surface area contributed by atoms with Gasteiger partial charge in [0.1, 0.15) is 0 Å². The minimum absolute atomic E-state index is 0.168. The first-order valence-electron chi connectivity index (χ1n) is 7.72. The third kappa shape index (κ3) is 4.87. The van der Waals surface area contributed by atoms with E-state index in [2.05, 4.69) is 56.9 Å². The van der Waals surface area contributed by atoms with E-state index in [1.165, 1.54) is 30.5 Å². The fourth-order valence-electron chi connectivity index (χ4n) is 2.37. The lowest BCUT2D eigenvalue weighted by molar-refractivity contribution is 0.625. The molecule has 1 atom stereocenters. The Kier molecular flexibility index (Phi) is 6.93. The largest absolute Gasteiger partial charge is 0.369 e. The summed E-state index contributed by atoms with van der Waals surface area (Å²) in [6.07, 6.45) is 4.84. The summed E-state index contributed by atoms with van der Waals surface area (Å²) >= 11 is 0. The molecule has 0 spiro atoms. The third-order valence-electron chi connectivity index (χ3n) is 3.72. The lowest BCUT2D eigenvalue weighted by atomic mass is 10.0. The van der Waals surface area contributed by atoms with Crippen LogP contribution in [0.15, 0.2) is 24.3 Å². The van der Waals surface area contributed by atoms with Crippen molar-refractivity contribution in [1.29, 1.82) is 0 Å². The maximum atomic E-state index is 6.06. The van der Waals surface area contributed by atoms with Crippen LogP contribution in [0.3, 0.4) is 0 Å². The van der Waals surface area contributed by atoms with Crippen molar-refractivity contribution in [3.63, 3.8) is 0 Å². The Morgan fingerprint density at radius 2 is 1.68 bits per heavy atom. The highest BCUT2D eigenvalue weighted by Crippen LogP contribution is 2.22. The normalized spacial score (nSPS) is 12.7. The minimum atomic E-state index is 0.168. The number of benzene rings is 1. The maximum absolute atomic E-state index is 6.06. The Morgan fingerprint density at radius 3 is 2.16 bits per heavy atom. The number of nitrogens with zero attached hydrogens (tertiary/aromatic N) is 1. The van der Waals surface area contributed by atoms with Crippen LogP contribution in [0.4, 0.5) is 5.69 Å². The van der Waals surface area contributed by atoms with Crippen LogP contribution in [0.25, 0.3) is 0 Å². The number of unbranched alkanes of at least 4 members (excludes halogenated alkanes) is 2. The Balaban J connectivity index is 2.74. The molecule has 0 aliphatic carbocycles. The van der Waals surface area contributed by atoms with Crippen LogP contribution < -0.4 is 10.6 Å². The van der Waals surface area contributed by atoms with Gasteiger partial charge in [-0.25, -0.2) is 0 Å². The molecule has 0 aliphatic rings. The number of hydrogen-bond donors (Lipinski definition) is 1. The Bertz CT molecular complexity index is 343. The van der Waals surface area contributed by atoms with Crippen LogP contribution in [0.5, 0.6) is 0 Å². The van der Waals surface area contributed by atoms with Crippen LogP contribution in [-0.4, -0.2) is 12.6 Å². The van der Waals surface area contributed by atoms with E-state index in [0.717, 1.165) is 13.0 Å². The molecule has 2 heteroatoms. The van der Waals surface area contributed by atoms with Crippen molar-refractivity contribution >= 4 is 5.69 Å². The second-order valence-electron chi connectivity index (χ2n) is 5.60. The number of rotatable bonds is 8. The summed E-state index contributed by atoms with van der Waals surface area (Å²) in [6, 6.07) is 9.51. The van der Waals surface area contributed by atoms with Crippen molar-refractivity contribution in [2.75, 3.05) is 11.4 Å². The van der Waals surface area contributed by atoms with E-state index in [-0.39, 0.29) is 6.04 Å². The molecule has 0 radical (unpaired) electrons. The smallest absolute Gasteiger partial charge is 0.0368 e. The zero-order valence-corrected chi connectivity index (χ0v) is 13.0. The highest BCUT2D eigenvalue weighted by molar-refractivity contribution is 5.48. The molecule has 0 heterocycles. The van der Waals surface area contributed by atoms with E-state index in [4.69, 9.17) is 5.73 Å². The predicted molar refractivity (Wildman–Crippen MR) is 85.7 cm³/mol. The fourth-order valence-corrected chi connectivity index (χ4v) is 2.37. The van der Waals surface area contributed by atoms with Crippen LogP contribution in [0.1, 0.15) is 65.0 Å². The van der Waals surface area contributed by atoms with Gasteiger partial charge in [-0.15, -0.1) is 0 Å². The van der Waals surface area contributed by atoms with Crippen molar-refractivity contribution < 1.29 is 0 Å². The van der Waals surface area contributed by atoms with Gasteiger partial charge in [0.2, 0.25) is 0 Å². The summed E-state index contributed by atoms with van der Waals surface area (Å²) in [5.74, 6) is 0. The number of nitrogens with two attached hydrogens (primary N) is 1. The van der Waals surface area contributed by atoms with Gasteiger partial charge in [0, 0.05) is 24.3 Å². The zero-order valence-electron chi connectivity index (χ0n) is 13.0. The maximum Gasteiger partial charge on any atom is 0.0368 e. The first-order chi connectivity index (χ1) is 9.10. The first-order valence-corrected chi connectivity index (χ1v) is 7.72. The molecule has 0 saturated carbocycles. The van der Waals surface area contributed by atoms with Crippen molar-refractivity contribution in [3.05, 3.63) is 29.8 Å². The lowest BCUT2D eigenvalue weighted by Gasteiger charge is -2.29. The summed E-state index contributed by atoms with van der Waals surface area (Å²) < 4.78 is 0. The molecule has 0 aromatic heterocycles. The Hall–Kier alpha value is -1.02. The topological polar surface area (TPSA) is 29.3 Å². The van der Waals surface area contributed by atoms with Crippen LogP contribution >= 0.6 is 0 Å². The van der Waals surface area contributed by atoms with Gasteiger partial charge in [-0.1, -0.05) is 38.8 Å². The third-order valence-corrected chi connectivity index (χ3v) is 3.72. The second kappa shape index (κ2) is 8.21. The molecule has 0 fully saturated rings. The van der Waals surface area contributed by atoms with Gasteiger partial charge in [0.05, 0.1) is 0 Å². The average Bonchev–Trinajstić information content (AvgIpc) is 2.42. The van der Waals surface area contributed by atoms with Crippen molar-refractivity contribution in [2.24, 2.45) is 5.73 Å². The molecule has 108 valence electrons. The van der Waals surface area contributed by atoms with E-state index in [9.17, 15) is 0 Å². The van der Waals surface area contributed by atoms with E-state index < -0.39 is 0 Å². The molecule has 1 aromatic rings. The monoisotopic (exact) mass is 262 g/mol. The second-order valence-corrected chi connectivity index (χ2v) is 5.60. The highest BCUT2D eigenvalue weighted by atomic mass is 15.1. The van der Waals surface area contributed by atoms with E-state index >= 15 is 0 Å². The van der Waals surface area contributed by atoms with Crippen molar-refractivity contribution in [2.45, 2.75) is 65.5 Å². The Labute approximate surface area is 119 Å². The molecule has 0 unspecified atom stereocenters. The molecule has 1 aromatic carbocycles. The van der Waals surface area contributed by atoms with Gasteiger partial charge in [-0.05, 0) is 44.4 Å². The summed E-state index contributed by atoms with van der Waals surface area (Å²) in [4.78, 5) is 2.48. The minimum Gasteiger partial charge on any atom is -0.369 e. The standard InChI is InChI=1S/C17H30N2/c1-5-7-8-13-19(14(3)4)16-11-9-15(10-12-16)17(18)6-2/h9-12,14,17H,5-8,13,18H2,1-4H3/t17-/m0/s1. The molecule has 0 bridgehead atoms. The average molecular weight is 262 g/mol. The molecule has 2 N–H and O–H groups in total. The van der Waals surface area contributed by atoms with Gasteiger partial charge in [-0.2, -0.15) is 0 Å². The molecule has 19 heavy (non-hydrogen) atoms.